The molecule has 0 saturated carbocycles. The van der Waals surface area contributed by atoms with Crippen LogP contribution >= 0.6 is 0 Å². The van der Waals surface area contributed by atoms with E-state index in [1.807, 2.05) is 6.07 Å². The van der Waals surface area contributed by atoms with Gasteiger partial charge < -0.3 is 9.47 Å². The Bertz CT molecular complexity index is 865. The van der Waals surface area contributed by atoms with E-state index in [1.165, 1.54) is 6.08 Å². The van der Waals surface area contributed by atoms with Gasteiger partial charge in [0.15, 0.2) is 0 Å². The van der Waals surface area contributed by atoms with Gasteiger partial charge >= 0.3 is 5.97 Å². The van der Waals surface area contributed by atoms with Crippen molar-refractivity contribution in [2.24, 2.45) is 0 Å². The molecule has 6 heteroatoms. The zero-order valence-electron chi connectivity index (χ0n) is 15.4. The molecule has 1 unspecified atom stereocenters. The third-order valence-electron chi connectivity index (χ3n) is 4.48. The quantitative estimate of drug-likeness (QED) is 0.334. The molecule has 1 atom stereocenters. The molecule has 0 N–H and O–H groups in total. The summed E-state index contributed by atoms with van der Waals surface area (Å²) in [6.45, 7) is 3.57. The molecule has 0 radical (unpaired) electrons. The maximum absolute atomic E-state index is 13.3. The molecule has 6 nitrogen and oxygen atoms in total. The van der Waals surface area contributed by atoms with Crippen LogP contribution in [0, 0.1) is 0 Å². The van der Waals surface area contributed by atoms with Gasteiger partial charge in [0, 0.05) is 12.0 Å². The van der Waals surface area contributed by atoms with Crippen molar-refractivity contribution < 1.29 is 23.9 Å². The molecule has 2 aromatic carbocycles. The van der Waals surface area contributed by atoms with E-state index in [9.17, 15) is 14.4 Å². The number of carbonyl (C=O) groups excluding carboxylic acids is 3. The molecule has 1 aliphatic rings. The SMILES string of the molecule is C=CCOC(=O)C1(Cc2ccccc2)OCCN(C(=O)c2ccccc2)C1=O. The van der Waals surface area contributed by atoms with Crippen LogP contribution in [0.1, 0.15) is 15.9 Å². The van der Waals surface area contributed by atoms with Crippen LogP contribution in [0.5, 0.6) is 0 Å². The fourth-order valence-corrected chi connectivity index (χ4v) is 3.10. The standard InChI is InChI=1S/C22H21NO5/c1-2-14-27-21(26)22(16-17-9-5-3-6-10-17)20(25)23(13-15-28-22)19(24)18-11-7-4-8-12-18/h2-12H,1,13-16H2. The first-order valence-corrected chi connectivity index (χ1v) is 8.96. The van der Waals surface area contributed by atoms with Gasteiger partial charge in [0.2, 0.25) is 5.60 Å². The van der Waals surface area contributed by atoms with Crippen LogP contribution in [-0.4, -0.2) is 48.0 Å². The summed E-state index contributed by atoms with van der Waals surface area (Å²) in [6.07, 6.45) is 1.38. The number of rotatable bonds is 6. The van der Waals surface area contributed by atoms with Crippen LogP contribution < -0.4 is 0 Å². The monoisotopic (exact) mass is 379 g/mol. The van der Waals surface area contributed by atoms with E-state index < -0.39 is 23.4 Å². The number of ether oxygens (including phenoxy) is 2. The van der Waals surface area contributed by atoms with Crippen molar-refractivity contribution in [3.8, 4) is 0 Å². The van der Waals surface area contributed by atoms with Gasteiger partial charge in [-0.2, -0.15) is 0 Å². The summed E-state index contributed by atoms with van der Waals surface area (Å²) in [7, 11) is 0. The Balaban J connectivity index is 1.95. The lowest BCUT2D eigenvalue weighted by Gasteiger charge is -2.38. The number of morpholine rings is 1. The molecular formula is C22H21NO5. The van der Waals surface area contributed by atoms with E-state index >= 15 is 0 Å². The highest BCUT2D eigenvalue weighted by Crippen LogP contribution is 2.27. The van der Waals surface area contributed by atoms with E-state index in [-0.39, 0.29) is 26.2 Å². The minimum atomic E-state index is -1.91. The summed E-state index contributed by atoms with van der Waals surface area (Å²) in [5.41, 5.74) is -0.821. The molecule has 144 valence electrons. The number of hydrogen-bond acceptors (Lipinski definition) is 5. The van der Waals surface area contributed by atoms with Crippen LogP contribution in [-0.2, 0) is 25.5 Å². The highest BCUT2D eigenvalue weighted by Gasteiger charge is 2.54. The number of esters is 1. The summed E-state index contributed by atoms with van der Waals surface area (Å²) >= 11 is 0. The number of carbonyl (C=O) groups is 3. The summed E-state index contributed by atoms with van der Waals surface area (Å²) in [6, 6.07) is 17.5. The molecule has 1 fully saturated rings. The van der Waals surface area contributed by atoms with Gasteiger partial charge in [0.1, 0.15) is 6.61 Å². The van der Waals surface area contributed by atoms with Crippen molar-refractivity contribution in [1.29, 1.82) is 0 Å². The van der Waals surface area contributed by atoms with Gasteiger partial charge in [0.25, 0.3) is 11.8 Å². The predicted molar refractivity (Wildman–Crippen MR) is 102 cm³/mol. The van der Waals surface area contributed by atoms with Crippen LogP contribution in [0.25, 0.3) is 0 Å². The normalized spacial score (nSPS) is 19.1. The molecular weight excluding hydrogens is 358 g/mol. The Morgan fingerprint density at radius 3 is 2.39 bits per heavy atom. The van der Waals surface area contributed by atoms with Gasteiger partial charge in [0.05, 0.1) is 13.2 Å². The number of benzene rings is 2. The third-order valence-corrected chi connectivity index (χ3v) is 4.48. The zero-order valence-corrected chi connectivity index (χ0v) is 15.4. The van der Waals surface area contributed by atoms with Gasteiger partial charge in [-0.15, -0.1) is 0 Å². The first-order chi connectivity index (χ1) is 13.6. The van der Waals surface area contributed by atoms with Crippen LogP contribution in [0.15, 0.2) is 73.3 Å². The fraction of sp³-hybridized carbons (Fsp3) is 0.227. The van der Waals surface area contributed by atoms with Crippen molar-refractivity contribution in [2.45, 2.75) is 12.0 Å². The van der Waals surface area contributed by atoms with Crippen molar-refractivity contribution in [1.82, 2.24) is 4.90 Å². The lowest BCUT2D eigenvalue weighted by atomic mass is 9.91. The largest absolute Gasteiger partial charge is 0.459 e. The van der Waals surface area contributed by atoms with Gasteiger partial charge in [-0.25, -0.2) is 4.79 Å². The summed E-state index contributed by atoms with van der Waals surface area (Å²) < 4.78 is 10.9. The Morgan fingerprint density at radius 2 is 1.75 bits per heavy atom. The topological polar surface area (TPSA) is 72.9 Å². The Hall–Kier alpha value is -3.25. The van der Waals surface area contributed by atoms with Crippen molar-refractivity contribution in [3.63, 3.8) is 0 Å². The van der Waals surface area contributed by atoms with E-state index in [2.05, 4.69) is 6.58 Å². The lowest BCUT2D eigenvalue weighted by molar-refractivity contribution is -0.189. The first kappa shape index (κ1) is 19.5. The number of amides is 2. The maximum atomic E-state index is 13.3. The zero-order chi connectivity index (χ0) is 20.0. The summed E-state index contributed by atoms with van der Waals surface area (Å²) in [5.74, 6) is -2.01. The fourth-order valence-electron chi connectivity index (χ4n) is 3.10. The first-order valence-electron chi connectivity index (χ1n) is 8.96. The van der Waals surface area contributed by atoms with Crippen molar-refractivity contribution in [3.05, 3.63) is 84.4 Å². The molecule has 3 rings (SSSR count). The van der Waals surface area contributed by atoms with Crippen LogP contribution in [0.4, 0.5) is 0 Å². The smallest absolute Gasteiger partial charge is 0.349 e. The number of hydrogen-bond donors (Lipinski definition) is 0. The highest BCUT2D eigenvalue weighted by molar-refractivity contribution is 6.15. The van der Waals surface area contributed by atoms with Crippen molar-refractivity contribution in [2.75, 3.05) is 19.8 Å². The molecule has 0 bridgehead atoms. The van der Waals surface area contributed by atoms with Crippen LogP contribution in [0.2, 0.25) is 0 Å². The minimum absolute atomic E-state index is 0.0266. The van der Waals surface area contributed by atoms with E-state index in [4.69, 9.17) is 9.47 Å². The molecule has 1 heterocycles. The minimum Gasteiger partial charge on any atom is -0.459 e. The molecule has 28 heavy (non-hydrogen) atoms. The number of nitrogens with zero attached hydrogens (tertiary/aromatic N) is 1. The van der Waals surface area contributed by atoms with Gasteiger partial charge in [-0.1, -0.05) is 61.2 Å². The van der Waals surface area contributed by atoms with Crippen molar-refractivity contribution >= 4 is 17.8 Å². The molecule has 0 aromatic heterocycles. The molecule has 0 spiro atoms. The molecule has 0 aliphatic carbocycles. The summed E-state index contributed by atoms with van der Waals surface area (Å²) in [4.78, 5) is 40.1. The number of imide groups is 1. The molecule has 2 aromatic rings. The average Bonchev–Trinajstić information content (AvgIpc) is 2.74. The molecule has 1 aliphatic heterocycles. The Morgan fingerprint density at radius 1 is 1.11 bits per heavy atom. The van der Waals surface area contributed by atoms with Gasteiger partial charge in [-0.3, -0.25) is 14.5 Å². The average molecular weight is 379 g/mol. The second-order valence-corrected chi connectivity index (χ2v) is 6.35. The van der Waals surface area contributed by atoms with Gasteiger partial charge in [-0.05, 0) is 17.7 Å². The molecule has 2 amide bonds. The second kappa shape index (κ2) is 8.63. The van der Waals surface area contributed by atoms with Crippen LogP contribution in [0.3, 0.4) is 0 Å². The molecule has 1 saturated heterocycles. The Labute approximate surface area is 163 Å². The maximum Gasteiger partial charge on any atom is 0.349 e. The highest BCUT2D eigenvalue weighted by atomic mass is 16.6. The Kier molecular flexibility index (Phi) is 6.01. The predicted octanol–water partition coefficient (Wildman–Crippen LogP) is 2.40. The third kappa shape index (κ3) is 3.87. The summed E-state index contributed by atoms with van der Waals surface area (Å²) in [5, 5.41) is 0. The van der Waals surface area contributed by atoms with E-state index in [0.29, 0.717) is 5.56 Å². The second-order valence-electron chi connectivity index (χ2n) is 6.35. The lowest BCUT2D eigenvalue weighted by Crippen LogP contribution is -2.63. The van der Waals surface area contributed by atoms with E-state index in [1.54, 1.807) is 54.6 Å². The van der Waals surface area contributed by atoms with E-state index in [0.717, 1.165) is 10.5 Å².